The lowest BCUT2D eigenvalue weighted by molar-refractivity contribution is -0.139. The van der Waals surface area contributed by atoms with Gasteiger partial charge in [0.1, 0.15) is 23.8 Å². The number of hydrogen-bond donors (Lipinski definition) is 1. The SMILES string of the molecule is Cc1cc(OCC2(O)CCCN(C(=O)Cc3ccccc3F)C2)cc(C)c1Cl. The quantitative estimate of drug-likeness (QED) is 0.815. The first kappa shape index (κ1) is 20.6. The van der Waals surface area contributed by atoms with Gasteiger partial charge in [-0.25, -0.2) is 4.39 Å². The molecule has 1 heterocycles. The third kappa shape index (κ3) is 4.83. The number of carbonyl (C=O) groups is 1. The van der Waals surface area contributed by atoms with Gasteiger partial charge in [-0.15, -0.1) is 0 Å². The average molecular weight is 406 g/mol. The maximum atomic E-state index is 13.8. The predicted octanol–water partition coefficient (Wildman–Crippen LogP) is 4.07. The van der Waals surface area contributed by atoms with Crippen LogP contribution in [-0.2, 0) is 11.2 Å². The van der Waals surface area contributed by atoms with Gasteiger partial charge in [0.2, 0.25) is 5.91 Å². The van der Waals surface area contributed by atoms with E-state index in [9.17, 15) is 14.3 Å². The van der Waals surface area contributed by atoms with E-state index in [0.29, 0.717) is 35.7 Å². The Morgan fingerprint density at radius 2 is 1.96 bits per heavy atom. The van der Waals surface area contributed by atoms with Crippen LogP contribution < -0.4 is 4.74 Å². The highest BCUT2D eigenvalue weighted by atomic mass is 35.5. The van der Waals surface area contributed by atoms with E-state index in [4.69, 9.17) is 16.3 Å². The Balaban J connectivity index is 1.63. The van der Waals surface area contributed by atoms with Gasteiger partial charge in [-0.05, 0) is 61.6 Å². The fraction of sp³-hybridized carbons (Fsp3) is 0.409. The molecule has 4 nitrogen and oxygen atoms in total. The molecule has 1 atom stereocenters. The summed E-state index contributed by atoms with van der Waals surface area (Å²) in [5, 5.41) is 11.6. The molecular formula is C22H25ClFNO3. The highest BCUT2D eigenvalue weighted by molar-refractivity contribution is 6.32. The first-order chi connectivity index (χ1) is 13.3. The van der Waals surface area contributed by atoms with Gasteiger partial charge < -0.3 is 14.7 Å². The number of piperidine rings is 1. The third-order valence-electron chi connectivity index (χ3n) is 5.13. The second-order valence-electron chi connectivity index (χ2n) is 7.57. The van der Waals surface area contributed by atoms with E-state index in [1.807, 2.05) is 26.0 Å². The van der Waals surface area contributed by atoms with Crippen LogP contribution in [0.4, 0.5) is 4.39 Å². The van der Waals surface area contributed by atoms with E-state index >= 15 is 0 Å². The third-order valence-corrected chi connectivity index (χ3v) is 5.72. The molecule has 1 saturated heterocycles. The number of nitrogens with zero attached hydrogens (tertiary/aromatic N) is 1. The lowest BCUT2D eigenvalue weighted by Crippen LogP contribution is -2.53. The highest BCUT2D eigenvalue weighted by Gasteiger charge is 2.36. The fourth-order valence-electron chi connectivity index (χ4n) is 3.57. The molecule has 0 spiro atoms. The zero-order valence-electron chi connectivity index (χ0n) is 16.2. The summed E-state index contributed by atoms with van der Waals surface area (Å²) in [5.74, 6) is 0.0592. The Morgan fingerprint density at radius 1 is 1.29 bits per heavy atom. The fourth-order valence-corrected chi connectivity index (χ4v) is 3.68. The molecule has 6 heteroatoms. The number of rotatable bonds is 5. The smallest absolute Gasteiger partial charge is 0.227 e. The summed E-state index contributed by atoms with van der Waals surface area (Å²) in [4.78, 5) is 14.2. The minimum Gasteiger partial charge on any atom is -0.491 e. The monoisotopic (exact) mass is 405 g/mol. The minimum atomic E-state index is -1.13. The summed E-state index contributed by atoms with van der Waals surface area (Å²) in [6, 6.07) is 9.94. The van der Waals surface area contributed by atoms with Crippen molar-refractivity contribution in [2.24, 2.45) is 0 Å². The van der Waals surface area contributed by atoms with Crippen LogP contribution in [0.2, 0.25) is 5.02 Å². The van der Waals surface area contributed by atoms with Gasteiger partial charge >= 0.3 is 0 Å². The predicted molar refractivity (Wildman–Crippen MR) is 107 cm³/mol. The maximum absolute atomic E-state index is 13.8. The summed E-state index contributed by atoms with van der Waals surface area (Å²) >= 11 is 6.18. The molecule has 1 N–H and O–H groups in total. The summed E-state index contributed by atoms with van der Waals surface area (Å²) in [6.07, 6.45) is 1.20. The van der Waals surface area contributed by atoms with E-state index in [-0.39, 0.29) is 31.3 Å². The first-order valence-electron chi connectivity index (χ1n) is 9.40. The van der Waals surface area contributed by atoms with Gasteiger partial charge in [0, 0.05) is 11.6 Å². The van der Waals surface area contributed by atoms with E-state index in [2.05, 4.69) is 0 Å². The summed E-state index contributed by atoms with van der Waals surface area (Å²) in [5.41, 5.74) is 1.05. The van der Waals surface area contributed by atoms with Gasteiger partial charge in [0.25, 0.3) is 0 Å². The number of ether oxygens (including phenoxy) is 1. The van der Waals surface area contributed by atoms with E-state index in [0.717, 1.165) is 11.1 Å². The molecule has 0 aliphatic carbocycles. The topological polar surface area (TPSA) is 49.8 Å². The molecule has 1 aliphatic rings. The molecule has 0 radical (unpaired) electrons. The average Bonchev–Trinajstić information content (AvgIpc) is 2.66. The summed E-state index contributed by atoms with van der Waals surface area (Å²) < 4.78 is 19.6. The number of likely N-dealkylation sites (tertiary alicyclic amines) is 1. The van der Waals surface area contributed by atoms with Gasteiger partial charge in [-0.2, -0.15) is 0 Å². The zero-order valence-corrected chi connectivity index (χ0v) is 16.9. The van der Waals surface area contributed by atoms with Crippen molar-refractivity contribution < 1.29 is 19.0 Å². The molecule has 150 valence electrons. The minimum absolute atomic E-state index is 0.0147. The molecule has 0 bridgehead atoms. The normalized spacial score (nSPS) is 19.5. The van der Waals surface area contributed by atoms with Gasteiger partial charge in [-0.3, -0.25) is 4.79 Å². The Labute approximate surface area is 169 Å². The molecule has 1 aliphatic heterocycles. The lowest BCUT2D eigenvalue weighted by atomic mass is 9.93. The van der Waals surface area contributed by atoms with Crippen molar-refractivity contribution in [3.8, 4) is 5.75 Å². The van der Waals surface area contributed by atoms with Crippen LogP contribution in [0.15, 0.2) is 36.4 Å². The second-order valence-corrected chi connectivity index (χ2v) is 7.95. The molecule has 0 aromatic heterocycles. The van der Waals surface area contributed by atoms with Crippen LogP contribution in [0.25, 0.3) is 0 Å². The standard InChI is InChI=1S/C22H25ClFNO3/c1-15-10-18(11-16(2)21(15)23)28-14-22(27)8-5-9-25(13-22)20(26)12-17-6-3-4-7-19(17)24/h3-4,6-7,10-11,27H,5,8-9,12-14H2,1-2H3. The maximum Gasteiger partial charge on any atom is 0.227 e. The molecule has 1 amide bonds. The Bertz CT molecular complexity index is 850. The van der Waals surface area contributed by atoms with Crippen LogP contribution in [0, 0.1) is 19.7 Å². The number of carbonyl (C=O) groups excluding carboxylic acids is 1. The van der Waals surface area contributed by atoms with E-state index < -0.39 is 5.60 Å². The van der Waals surface area contributed by atoms with Crippen LogP contribution in [0.3, 0.4) is 0 Å². The Hall–Kier alpha value is -2.11. The van der Waals surface area contributed by atoms with Crippen LogP contribution in [0.1, 0.15) is 29.5 Å². The number of β-amino-alcohol motifs (C(OH)–C–C–N with tert-alkyl or cyclic N) is 1. The molecule has 2 aromatic rings. The summed E-state index contributed by atoms with van der Waals surface area (Å²) in [7, 11) is 0. The Kier molecular flexibility index (Phi) is 6.26. The lowest BCUT2D eigenvalue weighted by Gasteiger charge is -2.39. The van der Waals surface area contributed by atoms with Gasteiger partial charge in [-0.1, -0.05) is 29.8 Å². The first-order valence-corrected chi connectivity index (χ1v) is 9.78. The van der Waals surface area contributed by atoms with E-state index in [1.165, 1.54) is 6.07 Å². The molecule has 3 rings (SSSR count). The molecule has 1 fully saturated rings. The van der Waals surface area contributed by atoms with Crippen molar-refractivity contribution in [3.05, 3.63) is 63.9 Å². The van der Waals surface area contributed by atoms with Crippen molar-refractivity contribution in [1.29, 1.82) is 0 Å². The molecular weight excluding hydrogens is 381 g/mol. The Morgan fingerprint density at radius 3 is 2.64 bits per heavy atom. The molecule has 2 aromatic carbocycles. The van der Waals surface area contributed by atoms with Crippen molar-refractivity contribution in [1.82, 2.24) is 4.90 Å². The largest absolute Gasteiger partial charge is 0.491 e. The van der Waals surface area contributed by atoms with Crippen molar-refractivity contribution in [2.75, 3.05) is 19.7 Å². The van der Waals surface area contributed by atoms with E-state index in [1.54, 1.807) is 23.1 Å². The zero-order chi connectivity index (χ0) is 20.3. The van der Waals surface area contributed by atoms with Crippen LogP contribution in [0.5, 0.6) is 5.75 Å². The number of aryl methyl sites for hydroxylation is 2. The summed E-state index contributed by atoms with van der Waals surface area (Å²) in [6.45, 7) is 4.61. The number of halogens is 2. The molecule has 28 heavy (non-hydrogen) atoms. The van der Waals surface area contributed by atoms with Crippen molar-refractivity contribution in [3.63, 3.8) is 0 Å². The second kappa shape index (κ2) is 8.50. The molecule has 0 saturated carbocycles. The van der Waals surface area contributed by atoms with Crippen LogP contribution in [-0.4, -0.2) is 41.2 Å². The molecule has 1 unspecified atom stereocenters. The van der Waals surface area contributed by atoms with Gasteiger partial charge in [0.15, 0.2) is 0 Å². The van der Waals surface area contributed by atoms with Gasteiger partial charge in [0.05, 0.1) is 13.0 Å². The number of hydrogen-bond acceptors (Lipinski definition) is 3. The van der Waals surface area contributed by atoms with Crippen LogP contribution >= 0.6 is 11.6 Å². The highest BCUT2D eigenvalue weighted by Crippen LogP contribution is 2.28. The number of amides is 1. The number of aliphatic hydroxyl groups is 1. The van der Waals surface area contributed by atoms with Crippen molar-refractivity contribution in [2.45, 2.75) is 38.7 Å². The van der Waals surface area contributed by atoms with Crippen molar-refractivity contribution >= 4 is 17.5 Å². The number of benzene rings is 2.